The Bertz CT molecular complexity index is 332. The monoisotopic (exact) mass is 235 g/mol. The van der Waals surface area contributed by atoms with Gasteiger partial charge in [-0.1, -0.05) is 0 Å². The van der Waals surface area contributed by atoms with E-state index in [1.165, 1.54) is 44.5 Å². The summed E-state index contributed by atoms with van der Waals surface area (Å²) in [5, 5.41) is 7.20. The fraction of sp³-hybridized carbons (Fsp3) is 0.769. The molecule has 2 aliphatic rings. The third kappa shape index (κ3) is 2.53. The van der Waals surface area contributed by atoms with E-state index in [2.05, 4.69) is 21.2 Å². The number of nitrogens with zero attached hydrogens (tertiary/aromatic N) is 2. The normalized spacial score (nSPS) is 28.4. The van der Waals surface area contributed by atoms with Crippen LogP contribution in [0.5, 0.6) is 0 Å². The summed E-state index contributed by atoms with van der Waals surface area (Å²) in [5.41, 5.74) is 1.31. The van der Waals surface area contributed by atoms with Gasteiger partial charge in [0.05, 0.1) is 0 Å². The maximum atomic E-state index is 5.45. The standard InChI is InChI=1S/C13H21N3O/c1-2-11(13-3-6-14-15-13)10-16(7-1)12-4-8-17-9-5-12/h3,6,11-12H,1-2,4-5,7-10H2,(H,14,15)/t11-/m1/s1. The van der Waals surface area contributed by atoms with Crippen molar-refractivity contribution in [2.75, 3.05) is 26.3 Å². The molecule has 0 amide bonds. The highest BCUT2D eigenvalue weighted by molar-refractivity contribution is 5.07. The molecule has 2 aliphatic heterocycles. The second-order valence-corrected chi connectivity index (χ2v) is 5.19. The summed E-state index contributed by atoms with van der Waals surface area (Å²) in [5.74, 6) is 0.647. The lowest BCUT2D eigenvalue weighted by Gasteiger charge is -2.39. The molecule has 17 heavy (non-hydrogen) atoms. The van der Waals surface area contributed by atoms with Crippen LogP contribution in [0.3, 0.4) is 0 Å². The van der Waals surface area contributed by atoms with Gasteiger partial charge in [0.25, 0.3) is 0 Å². The highest BCUT2D eigenvalue weighted by atomic mass is 16.5. The van der Waals surface area contributed by atoms with E-state index in [1.807, 2.05) is 6.20 Å². The van der Waals surface area contributed by atoms with E-state index in [-0.39, 0.29) is 0 Å². The summed E-state index contributed by atoms with van der Waals surface area (Å²) < 4.78 is 5.45. The van der Waals surface area contributed by atoms with E-state index < -0.39 is 0 Å². The molecule has 0 radical (unpaired) electrons. The van der Waals surface area contributed by atoms with Gasteiger partial charge in [-0.25, -0.2) is 0 Å². The van der Waals surface area contributed by atoms with Crippen molar-refractivity contribution in [3.05, 3.63) is 18.0 Å². The van der Waals surface area contributed by atoms with Gasteiger partial charge >= 0.3 is 0 Å². The van der Waals surface area contributed by atoms with Gasteiger partial charge in [0, 0.05) is 43.6 Å². The van der Waals surface area contributed by atoms with Crippen molar-refractivity contribution in [3.63, 3.8) is 0 Å². The van der Waals surface area contributed by atoms with Crippen molar-refractivity contribution in [2.24, 2.45) is 0 Å². The van der Waals surface area contributed by atoms with E-state index in [0.29, 0.717) is 5.92 Å². The maximum Gasteiger partial charge on any atom is 0.0490 e. The molecule has 3 heterocycles. The topological polar surface area (TPSA) is 41.1 Å². The van der Waals surface area contributed by atoms with Crippen LogP contribution in [0.15, 0.2) is 12.3 Å². The average molecular weight is 235 g/mol. The maximum absolute atomic E-state index is 5.45. The molecular weight excluding hydrogens is 214 g/mol. The van der Waals surface area contributed by atoms with Gasteiger partial charge in [0.2, 0.25) is 0 Å². The number of rotatable bonds is 2. The molecule has 4 heteroatoms. The second kappa shape index (κ2) is 5.19. The first-order valence-electron chi connectivity index (χ1n) is 6.74. The lowest BCUT2D eigenvalue weighted by atomic mass is 9.92. The number of piperidine rings is 1. The van der Waals surface area contributed by atoms with Gasteiger partial charge in [-0.15, -0.1) is 0 Å². The Morgan fingerprint density at radius 2 is 2.18 bits per heavy atom. The Hall–Kier alpha value is -0.870. The molecule has 1 aromatic rings. The van der Waals surface area contributed by atoms with Gasteiger partial charge in [0.1, 0.15) is 0 Å². The van der Waals surface area contributed by atoms with Crippen molar-refractivity contribution in [1.29, 1.82) is 0 Å². The van der Waals surface area contributed by atoms with Crippen molar-refractivity contribution in [2.45, 2.75) is 37.6 Å². The van der Waals surface area contributed by atoms with E-state index in [1.54, 1.807) is 0 Å². The lowest BCUT2D eigenvalue weighted by molar-refractivity contribution is 0.0237. The fourth-order valence-corrected chi connectivity index (χ4v) is 3.14. The van der Waals surface area contributed by atoms with Crippen molar-refractivity contribution in [3.8, 4) is 0 Å². The minimum Gasteiger partial charge on any atom is -0.381 e. The molecule has 94 valence electrons. The Morgan fingerprint density at radius 3 is 2.94 bits per heavy atom. The van der Waals surface area contributed by atoms with Gasteiger partial charge in [-0.3, -0.25) is 10.00 Å². The molecule has 0 aromatic carbocycles. The number of ether oxygens (including phenoxy) is 1. The number of nitrogens with one attached hydrogen (secondary N) is 1. The molecule has 0 unspecified atom stereocenters. The Morgan fingerprint density at radius 1 is 1.29 bits per heavy atom. The summed E-state index contributed by atoms with van der Waals surface area (Å²) in [7, 11) is 0. The van der Waals surface area contributed by atoms with Gasteiger partial charge in [-0.2, -0.15) is 5.10 Å². The van der Waals surface area contributed by atoms with Crippen LogP contribution in [-0.2, 0) is 4.74 Å². The van der Waals surface area contributed by atoms with Crippen LogP contribution in [0.1, 0.15) is 37.3 Å². The zero-order chi connectivity index (χ0) is 11.5. The molecule has 2 saturated heterocycles. The van der Waals surface area contributed by atoms with E-state index in [9.17, 15) is 0 Å². The van der Waals surface area contributed by atoms with Gasteiger partial charge in [-0.05, 0) is 38.3 Å². The minimum absolute atomic E-state index is 0.647. The zero-order valence-corrected chi connectivity index (χ0v) is 10.3. The molecule has 4 nitrogen and oxygen atoms in total. The summed E-state index contributed by atoms with van der Waals surface area (Å²) >= 11 is 0. The zero-order valence-electron chi connectivity index (χ0n) is 10.3. The first-order chi connectivity index (χ1) is 8.43. The summed E-state index contributed by atoms with van der Waals surface area (Å²) in [4.78, 5) is 2.66. The quantitative estimate of drug-likeness (QED) is 0.849. The third-order valence-corrected chi connectivity index (χ3v) is 4.12. The fourth-order valence-electron chi connectivity index (χ4n) is 3.14. The number of aromatic amines is 1. The number of hydrogen-bond donors (Lipinski definition) is 1. The molecular formula is C13H21N3O. The van der Waals surface area contributed by atoms with E-state index in [4.69, 9.17) is 4.74 Å². The van der Waals surface area contributed by atoms with E-state index >= 15 is 0 Å². The van der Waals surface area contributed by atoms with Crippen LogP contribution < -0.4 is 0 Å². The Labute approximate surface area is 102 Å². The summed E-state index contributed by atoms with van der Waals surface area (Å²) in [6, 6.07) is 2.87. The van der Waals surface area contributed by atoms with Crippen LogP contribution >= 0.6 is 0 Å². The molecule has 0 saturated carbocycles. The molecule has 1 N–H and O–H groups in total. The molecule has 0 aliphatic carbocycles. The van der Waals surface area contributed by atoms with Crippen molar-refractivity contribution < 1.29 is 4.74 Å². The van der Waals surface area contributed by atoms with Crippen LogP contribution in [-0.4, -0.2) is 47.4 Å². The van der Waals surface area contributed by atoms with Gasteiger partial charge < -0.3 is 4.74 Å². The number of aromatic nitrogens is 2. The molecule has 0 bridgehead atoms. The highest BCUT2D eigenvalue weighted by Crippen LogP contribution is 2.28. The van der Waals surface area contributed by atoms with Crippen molar-refractivity contribution in [1.82, 2.24) is 15.1 Å². The third-order valence-electron chi connectivity index (χ3n) is 4.12. The highest BCUT2D eigenvalue weighted by Gasteiger charge is 2.28. The van der Waals surface area contributed by atoms with Gasteiger partial charge in [0.15, 0.2) is 0 Å². The van der Waals surface area contributed by atoms with Crippen LogP contribution in [0.2, 0.25) is 0 Å². The molecule has 2 fully saturated rings. The number of H-pyrrole nitrogens is 1. The average Bonchev–Trinajstić information content (AvgIpc) is 2.94. The Balaban J connectivity index is 1.63. The van der Waals surface area contributed by atoms with Crippen LogP contribution in [0, 0.1) is 0 Å². The first kappa shape index (κ1) is 11.2. The number of hydrogen-bond acceptors (Lipinski definition) is 3. The van der Waals surface area contributed by atoms with Crippen LogP contribution in [0.25, 0.3) is 0 Å². The molecule has 3 rings (SSSR count). The van der Waals surface area contributed by atoms with Crippen molar-refractivity contribution >= 4 is 0 Å². The smallest absolute Gasteiger partial charge is 0.0490 e. The summed E-state index contributed by atoms with van der Waals surface area (Å²) in [6.07, 6.45) is 6.87. The first-order valence-corrected chi connectivity index (χ1v) is 6.74. The predicted octanol–water partition coefficient (Wildman–Crippen LogP) is 1.77. The SMILES string of the molecule is c1cc([C@@H]2CCCN(C3CCOCC3)C2)[nH]n1. The minimum atomic E-state index is 0.647. The lowest BCUT2D eigenvalue weighted by Crippen LogP contribution is -2.44. The summed E-state index contributed by atoms with van der Waals surface area (Å²) in [6.45, 7) is 4.33. The second-order valence-electron chi connectivity index (χ2n) is 5.19. The largest absolute Gasteiger partial charge is 0.381 e. The van der Waals surface area contributed by atoms with Crippen LogP contribution in [0.4, 0.5) is 0 Å². The molecule has 1 atom stereocenters. The van der Waals surface area contributed by atoms with E-state index in [0.717, 1.165) is 19.3 Å². The Kier molecular flexibility index (Phi) is 3.43. The number of likely N-dealkylation sites (tertiary alicyclic amines) is 1. The molecule has 1 aromatic heterocycles. The molecule has 0 spiro atoms. The predicted molar refractivity (Wildman–Crippen MR) is 66.0 cm³/mol.